The molecule has 1 aliphatic carbocycles. The Bertz CT molecular complexity index is 3460. The molecule has 6 aromatic rings. The minimum Gasteiger partial charge on any atom is -0.351 e. The second-order valence-electron chi connectivity index (χ2n) is 17.3. The van der Waals surface area contributed by atoms with Gasteiger partial charge in [0.05, 0.1) is 11.1 Å². The van der Waals surface area contributed by atoms with Crippen LogP contribution in [0.25, 0.3) is 0 Å². The molecule has 0 heterocycles. The van der Waals surface area contributed by atoms with Gasteiger partial charge in [-0.15, -0.1) is 11.5 Å². The highest BCUT2D eigenvalue weighted by atomic mass is 16.5. The Hall–Kier alpha value is -9.40. The maximum Gasteiger partial charge on any atom is 0.216 e. The standard InChI is InChI=1S/C72H56O6/c1-9-59-31-29-47-67(73-3,61-33-17-11-18-34-61)51-55-72(78-8,66-43-27-16-28-44-66)58-54-70(76-6,64-39-23-14-24-40-64)50-46-60(10-2)32-30-48-68(74-4,62-35-19-12-20-36-62)52-56-71(77-7,65-41-25-15-26-42-65)57-53-69(75-5,49-45-59)63-37-21-13-22-38-63/h11-28,33-44H,1-2,31-32H2,3-8H3. The molecule has 0 saturated carbocycles. The fourth-order valence-electron chi connectivity index (χ4n) is 8.26. The average Bonchev–Trinajstić information content (AvgIpc) is 3.52. The van der Waals surface area contributed by atoms with Crippen LogP contribution >= 0.6 is 0 Å². The highest BCUT2D eigenvalue weighted by Gasteiger charge is 2.37. The molecule has 0 radical (unpaired) electrons. The lowest BCUT2D eigenvalue weighted by molar-refractivity contribution is 0.0761. The molecule has 78 heavy (non-hydrogen) atoms. The Morgan fingerprint density at radius 3 is 0.641 bits per heavy atom. The Kier molecular flexibility index (Phi) is 19.1. The van der Waals surface area contributed by atoms with Gasteiger partial charge in [0, 0.05) is 88.9 Å². The van der Waals surface area contributed by atoms with Crippen molar-refractivity contribution in [2.45, 2.75) is 46.4 Å². The van der Waals surface area contributed by atoms with Gasteiger partial charge in [-0.3, -0.25) is 0 Å². The first-order valence-electron chi connectivity index (χ1n) is 24.8. The third-order valence-corrected chi connectivity index (χ3v) is 12.8. The summed E-state index contributed by atoms with van der Waals surface area (Å²) in [5.41, 5.74) is 1.57. The number of allylic oxidation sites excluding steroid dienone is 2. The van der Waals surface area contributed by atoms with E-state index in [1.54, 1.807) is 42.7 Å². The van der Waals surface area contributed by atoms with Gasteiger partial charge in [0.1, 0.15) is 0 Å². The van der Waals surface area contributed by atoms with Crippen LogP contribution in [0.1, 0.15) is 46.2 Å². The maximum atomic E-state index is 6.41. The van der Waals surface area contributed by atoms with Crippen molar-refractivity contribution in [2.24, 2.45) is 0 Å². The largest absolute Gasteiger partial charge is 0.351 e. The third kappa shape index (κ3) is 12.6. The smallest absolute Gasteiger partial charge is 0.216 e. The fourth-order valence-corrected chi connectivity index (χ4v) is 8.26. The predicted molar refractivity (Wildman–Crippen MR) is 308 cm³/mol. The summed E-state index contributed by atoms with van der Waals surface area (Å²) < 4.78 is 38.2. The normalized spacial score (nSPS) is 23.7. The van der Waals surface area contributed by atoms with Gasteiger partial charge >= 0.3 is 0 Å². The number of hydrogen-bond acceptors (Lipinski definition) is 6. The zero-order valence-corrected chi connectivity index (χ0v) is 44.6. The molecule has 6 nitrogen and oxygen atoms in total. The summed E-state index contributed by atoms with van der Waals surface area (Å²) in [6.07, 6.45) is 0.187. The molecule has 0 aliphatic heterocycles. The van der Waals surface area contributed by atoms with E-state index in [0.29, 0.717) is 44.5 Å². The molecule has 6 unspecified atom stereocenters. The van der Waals surface area contributed by atoms with Crippen molar-refractivity contribution in [1.29, 1.82) is 0 Å². The van der Waals surface area contributed by atoms with E-state index in [0.717, 1.165) is 0 Å². The lowest BCUT2D eigenvalue weighted by atomic mass is 9.87. The number of benzene rings is 6. The van der Waals surface area contributed by atoms with Crippen molar-refractivity contribution in [1.82, 2.24) is 0 Å². The lowest BCUT2D eigenvalue weighted by Gasteiger charge is -2.27. The molecule has 1 aliphatic rings. The number of hydrogen-bond donors (Lipinski definition) is 0. The summed E-state index contributed by atoms with van der Waals surface area (Å²) in [5, 5.41) is 0. The van der Waals surface area contributed by atoms with E-state index < -0.39 is 33.6 Å². The van der Waals surface area contributed by atoms with E-state index in [4.69, 9.17) is 28.4 Å². The van der Waals surface area contributed by atoms with Crippen LogP contribution in [0.5, 0.6) is 0 Å². The average molecular weight is 1020 g/mol. The molecule has 6 atom stereocenters. The zero-order chi connectivity index (χ0) is 55.2. The molecule has 6 heteroatoms. The Morgan fingerprint density at radius 1 is 0.282 bits per heavy atom. The van der Waals surface area contributed by atoms with Gasteiger partial charge in [-0.1, -0.05) is 219 Å². The van der Waals surface area contributed by atoms with Crippen molar-refractivity contribution >= 4 is 0 Å². The highest BCUT2D eigenvalue weighted by molar-refractivity contribution is 5.55. The van der Waals surface area contributed by atoms with Gasteiger partial charge in [-0.2, -0.15) is 0 Å². The van der Waals surface area contributed by atoms with Crippen molar-refractivity contribution in [3.8, 4) is 94.7 Å². The molecule has 0 fully saturated rings. The molecule has 0 aromatic heterocycles. The van der Waals surface area contributed by atoms with Gasteiger partial charge in [-0.05, 0) is 71.0 Å². The summed E-state index contributed by atoms with van der Waals surface area (Å²) >= 11 is 0. The second-order valence-corrected chi connectivity index (χ2v) is 17.3. The topological polar surface area (TPSA) is 55.4 Å². The second kappa shape index (κ2) is 26.4. The van der Waals surface area contributed by atoms with Crippen LogP contribution in [0.4, 0.5) is 0 Å². The SMILES string of the molecule is C=C=C1C#CC(OC)(c2ccccc2)C#CC(OC)(c2ccccc2)C#CC(OC)(c2ccccc2)C#CCC(=C=C)C#CC(OC)(c2ccccc2)C#CC(OC)(c2ccccc2)C#CC(OC)(c2ccccc2)C#CC1. The first-order valence-corrected chi connectivity index (χ1v) is 24.8. The third-order valence-electron chi connectivity index (χ3n) is 12.8. The van der Waals surface area contributed by atoms with Crippen molar-refractivity contribution in [2.75, 3.05) is 42.7 Å². The minimum atomic E-state index is -1.59. The first kappa shape index (κ1) is 56.3. The van der Waals surface area contributed by atoms with E-state index in [2.05, 4.69) is 119 Å². The maximum absolute atomic E-state index is 6.41. The molecule has 380 valence electrons. The Morgan fingerprint density at radius 2 is 0.462 bits per heavy atom. The van der Waals surface area contributed by atoms with E-state index in [1.807, 2.05) is 182 Å². The molecule has 0 spiro atoms. The Labute approximate surface area is 461 Å². The highest BCUT2D eigenvalue weighted by Crippen LogP contribution is 2.33. The van der Waals surface area contributed by atoms with Crippen LogP contribution in [0.15, 0.2) is 218 Å². The van der Waals surface area contributed by atoms with Gasteiger partial charge in [-0.25, -0.2) is 0 Å². The van der Waals surface area contributed by atoms with E-state index >= 15 is 0 Å². The van der Waals surface area contributed by atoms with Gasteiger partial charge in [0.15, 0.2) is 0 Å². The summed E-state index contributed by atoms with van der Waals surface area (Å²) in [7, 11) is 9.31. The fraction of sp³-hybridized carbons (Fsp3) is 0.194. The molecule has 0 bridgehead atoms. The zero-order valence-electron chi connectivity index (χ0n) is 44.6. The van der Waals surface area contributed by atoms with E-state index in [-0.39, 0.29) is 12.8 Å². The quantitative estimate of drug-likeness (QED) is 0.0899. The van der Waals surface area contributed by atoms with Crippen LogP contribution in [0.2, 0.25) is 0 Å². The Balaban J connectivity index is 1.57. The van der Waals surface area contributed by atoms with Crippen molar-refractivity contribution in [3.05, 3.63) is 251 Å². The van der Waals surface area contributed by atoms with Gasteiger partial charge < -0.3 is 28.4 Å². The molecule has 0 saturated heterocycles. The lowest BCUT2D eigenvalue weighted by Crippen LogP contribution is -2.31. The summed E-state index contributed by atoms with van der Waals surface area (Å²) in [4.78, 5) is 0. The minimum absolute atomic E-state index is 0.0937. The molecular formula is C72H56O6. The van der Waals surface area contributed by atoms with Crippen LogP contribution in [-0.4, -0.2) is 42.7 Å². The van der Waals surface area contributed by atoms with Crippen molar-refractivity contribution in [3.63, 3.8) is 0 Å². The van der Waals surface area contributed by atoms with Gasteiger partial charge in [0.2, 0.25) is 33.6 Å². The van der Waals surface area contributed by atoms with Crippen LogP contribution in [0.3, 0.4) is 0 Å². The van der Waals surface area contributed by atoms with Crippen LogP contribution in [0, 0.1) is 94.7 Å². The molecule has 6 aromatic carbocycles. The predicted octanol–water partition coefficient (Wildman–Crippen LogP) is 11.5. The summed E-state index contributed by atoms with van der Waals surface area (Å²) in [5.74, 6) is 53.6. The number of rotatable bonds is 12. The molecular weight excluding hydrogens is 961 g/mol. The van der Waals surface area contributed by atoms with E-state index in [9.17, 15) is 0 Å². The van der Waals surface area contributed by atoms with Crippen molar-refractivity contribution < 1.29 is 28.4 Å². The molecule has 0 N–H and O–H groups in total. The molecule has 0 amide bonds. The monoisotopic (exact) mass is 1020 g/mol. The summed E-state index contributed by atoms with van der Waals surface area (Å²) in [6.45, 7) is 8.01. The first-order chi connectivity index (χ1) is 38.1. The number of ether oxygens (including phenoxy) is 6. The number of methoxy groups -OCH3 is 6. The van der Waals surface area contributed by atoms with Gasteiger partial charge in [0.25, 0.3) is 0 Å². The van der Waals surface area contributed by atoms with Crippen LogP contribution in [-0.2, 0) is 62.0 Å². The molecule has 7 rings (SSSR count). The van der Waals surface area contributed by atoms with E-state index in [1.165, 1.54) is 0 Å². The summed E-state index contributed by atoms with van der Waals surface area (Å²) in [6, 6.07) is 56.9. The van der Waals surface area contributed by atoms with Crippen LogP contribution < -0.4 is 0 Å².